The smallest absolute Gasteiger partial charge is 0.243 e. The summed E-state index contributed by atoms with van der Waals surface area (Å²) >= 11 is 11.8. The van der Waals surface area contributed by atoms with Crippen molar-refractivity contribution in [1.82, 2.24) is 15.4 Å². The van der Waals surface area contributed by atoms with Gasteiger partial charge in [0.2, 0.25) is 15.9 Å². The number of sulfonamides is 1. The Morgan fingerprint density at radius 3 is 2.56 bits per heavy atom. The molecule has 1 aromatic carbocycles. The molecule has 1 amide bonds. The molecular formula is C15H22Cl3N3O3S. The molecule has 1 fully saturated rings. The van der Waals surface area contributed by atoms with E-state index in [1.54, 1.807) is 6.07 Å². The van der Waals surface area contributed by atoms with Crippen LogP contribution in [0.1, 0.15) is 19.3 Å². The molecule has 10 heteroatoms. The van der Waals surface area contributed by atoms with E-state index < -0.39 is 10.0 Å². The van der Waals surface area contributed by atoms with E-state index >= 15 is 0 Å². The van der Waals surface area contributed by atoms with Crippen molar-refractivity contribution < 1.29 is 13.2 Å². The molecule has 3 N–H and O–H groups in total. The van der Waals surface area contributed by atoms with Gasteiger partial charge in [0.1, 0.15) is 4.90 Å². The molecule has 0 spiro atoms. The molecule has 6 nitrogen and oxygen atoms in total. The summed E-state index contributed by atoms with van der Waals surface area (Å²) in [4.78, 5) is 11.7. The molecule has 1 unspecified atom stereocenters. The van der Waals surface area contributed by atoms with Gasteiger partial charge in [-0.2, -0.15) is 0 Å². The van der Waals surface area contributed by atoms with Gasteiger partial charge in [-0.25, -0.2) is 13.1 Å². The molecule has 0 saturated carbocycles. The minimum atomic E-state index is -3.86. The molecule has 1 saturated heterocycles. The monoisotopic (exact) mass is 429 g/mol. The number of halogens is 3. The van der Waals surface area contributed by atoms with E-state index in [0.717, 1.165) is 25.9 Å². The average Bonchev–Trinajstić information content (AvgIpc) is 2.53. The molecule has 1 heterocycles. The van der Waals surface area contributed by atoms with Crippen LogP contribution < -0.4 is 15.4 Å². The minimum Gasteiger partial charge on any atom is -0.356 e. The third-order valence-electron chi connectivity index (χ3n) is 3.82. The van der Waals surface area contributed by atoms with Crippen molar-refractivity contribution in [1.29, 1.82) is 0 Å². The number of rotatable bonds is 7. The number of piperidine rings is 1. The standard InChI is InChI=1S/C15H21Cl2N3O3S.ClH/c16-12-4-1-5-13(17)15(12)24(22,23)20-8-6-14(21)19-10-11-3-2-7-18-9-11;/h1,4-5,11,18,20H,2-3,6-10H2,(H,19,21);1H. The van der Waals surface area contributed by atoms with Crippen LogP contribution in [0.15, 0.2) is 23.1 Å². The van der Waals surface area contributed by atoms with E-state index in [1.165, 1.54) is 12.1 Å². The molecule has 25 heavy (non-hydrogen) atoms. The Morgan fingerprint density at radius 2 is 1.96 bits per heavy atom. The fourth-order valence-electron chi connectivity index (χ4n) is 2.56. The van der Waals surface area contributed by atoms with Crippen molar-refractivity contribution in [3.63, 3.8) is 0 Å². The topological polar surface area (TPSA) is 87.3 Å². The molecule has 1 aromatic rings. The fourth-order valence-corrected chi connectivity index (χ4v) is 4.73. The summed E-state index contributed by atoms with van der Waals surface area (Å²) in [5.41, 5.74) is 0. The quantitative estimate of drug-likeness (QED) is 0.619. The second kappa shape index (κ2) is 10.5. The van der Waals surface area contributed by atoms with E-state index in [1.807, 2.05) is 0 Å². The molecule has 142 valence electrons. The minimum absolute atomic E-state index is 0. The summed E-state index contributed by atoms with van der Waals surface area (Å²) < 4.78 is 26.8. The second-order valence-electron chi connectivity index (χ2n) is 5.72. The van der Waals surface area contributed by atoms with Crippen LogP contribution in [-0.4, -0.2) is 40.5 Å². The number of carbonyl (C=O) groups excluding carboxylic acids is 1. The third kappa shape index (κ3) is 6.92. The first-order valence-corrected chi connectivity index (χ1v) is 10.0. The summed E-state index contributed by atoms with van der Waals surface area (Å²) in [6.07, 6.45) is 2.26. The first-order valence-electron chi connectivity index (χ1n) is 7.81. The SMILES string of the molecule is Cl.O=C(CCNS(=O)(=O)c1c(Cl)cccc1Cl)NCC1CCCNC1. The van der Waals surface area contributed by atoms with Gasteiger partial charge in [0.05, 0.1) is 10.0 Å². The molecular weight excluding hydrogens is 409 g/mol. The van der Waals surface area contributed by atoms with Crippen LogP contribution in [0.5, 0.6) is 0 Å². The normalized spacial score (nSPS) is 17.6. The van der Waals surface area contributed by atoms with Crippen LogP contribution in [0.25, 0.3) is 0 Å². The van der Waals surface area contributed by atoms with Gasteiger partial charge in [-0.15, -0.1) is 12.4 Å². The highest BCUT2D eigenvalue weighted by molar-refractivity contribution is 7.89. The highest BCUT2D eigenvalue weighted by Gasteiger charge is 2.21. The first-order chi connectivity index (χ1) is 11.4. The lowest BCUT2D eigenvalue weighted by molar-refractivity contribution is -0.121. The Morgan fingerprint density at radius 1 is 1.28 bits per heavy atom. The Balaban J connectivity index is 0.00000312. The highest BCUT2D eigenvalue weighted by atomic mass is 35.5. The summed E-state index contributed by atoms with van der Waals surface area (Å²) in [6, 6.07) is 4.47. The third-order valence-corrected chi connectivity index (χ3v) is 6.23. The Hall–Kier alpha value is -0.570. The van der Waals surface area contributed by atoms with Crippen LogP contribution in [-0.2, 0) is 14.8 Å². The summed E-state index contributed by atoms with van der Waals surface area (Å²) in [6.45, 7) is 2.52. The highest BCUT2D eigenvalue weighted by Crippen LogP contribution is 2.28. The number of hydrogen-bond acceptors (Lipinski definition) is 4. The molecule has 1 aliphatic heterocycles. The van der Waals surface area contributed by atoms with Crippen molar-refractivity contribution in [3.05, 3.63) is 28.2 Å². The van der Waals surface area contributed by atoms with E-state index in [-0.39, 0.29) is 46.2 Å². The maximum atomic E-state index is 12.2. The number of carbonyl (C=O) groups is 1. The van der Waals surface area contributed by atoms with E-state index in [0.29, 0.717) is 12.5 Å². The van der Waals surface area contributed by atoms with Crippen molar-refractivity contribution in [3.8, 4) is 0 Å². The number of benzene rings is 1. The fraction of sp³-hybridized carbons (Fsp3) is 0.533. The second-order valence-corrected chi connectivity index (χ2v) is 8.23. The van der Waals surface area contributed by atoms with Gasteiger partial charge >= 0.3 is 0 Å². The van der Waals surface area contributed by atoms with Crippen LogP contribution in [0.2, 0.25) is 10.0 Å². The largest absolute Gasteiger partial charge is 0.356 e. The Labute approximate surface area is 164 Å². The van der Waals surface area contributed by atoms with Crippen molar-refractivity contribution in [2.45, 2.75) is 24.2 Å². The molecule has 0 bridgehead atoms. The maximum absolute atomic E-state index is 12.2. The summed E-state index contributed by atoms with van der Waals surface area (Å²) in [7, 11) is -3.86. The zero-order chi connectivity index (χ0) is 17.6. The predicted molar refractivity (Wildman–Crippen MR) is 102 cm³/mol. The number of hydrogen-bond donors (Lipinski definition) is 3. The molecule has 0 aromatic heterocycles. The summed E-state index contributed by atoms with van der Waals surface area (Å²) in [5, 5.41) is 6.21. The van der Waals surface area contributed by atoms with Gasteiger partial charge in [-0.1, -0.05) is 29.3 Å². The van der Waals surface area contributed by atoms with Crippen LogP contribution in [0.4, 0.5) is 0 Å². The first kappa shape index (κ1) is 22.5. The summed E-state index contributed by atoms with van der Waals surface area (Å²) in [5.74, 6) is 0.245. The lowest BCUT2D eigenvalue weighted by Crippen LogP contribution is -2.39. The zero-order valence-corrected chi connectivity index (χ0v) is 16.7. The van der Waals surface area contributed by atoms with Gasteiger partial charge in [-0.3, -0.25) is 4.79 Å². The van der Waals surface area contributed by atoms with Gasteiger partial charge < -0.3 is 10.6 Å². The number of amides is 1. The van der Waals surface area contributed by atoms with Gasteiger partial charge in [0.15, 0.2) is 0 Å². The lowest BCUT2D eigenvalue weighted by atomic mass is 10.00. The Kier molecular flexibility index (Phi) is 9.48. The van der Waals surface area contributed by atoms with E-state index in [2.05, 4.69) is 15.4 Å². The van der Waals surface area contributed by atoms with Crippen LogP contribution >= 0.6 is 35.6 Å². The van der Waals surface area contributed by atoms with Crippen molar-refractivity contribution >= 4 is 51.5 Å². The zero-order valence-electron chi connectivity index (χ0n) is 13.6. The number of nitrogens with one attached hydrogen (secondary N) is 3. The maximum Gasteiger partial charge on any atom is 0.243 e. The molecule has 0 radical (unpaired) electrons. The molecule has 0 aliphatic carbocycles. The lowest BCUT2D eigenvalue weighted by Gasteiger charge is -2.22. The van der Waals surface area contributed by atoms with Gasteiger partial charge in [-0.05, 0) is 44.0 Å². The van der Waals surface area contributed by atoms with Gasteiger partial charge in [0.25, 0.3) is 0 Å². The van der Waals surface area contributed by atoms with E-state index in [4.69, 9.17) is 23.2 Å². The molecule has 1 aliphatic rings. The average molecular weight is 431 g/mol. The Bertz CT molecular complexity index is 660. The van der Waals surface area contributed by atoms with Crippen molar-refractivity contribution in [2.24, 2.45) is 5.92 Å². The molecule has 1 atom stereocenters. The predicted octanol–water partition coefficient (Wildman–Crippen LogP) is 2.20. The van der Waals surface area contributed by atoms with Crippen LogP contribution in [0.3, 0.4) is 0 Å². The molecule has 2 rings (SSSR count). The van der Waals surface area contributed by atoms with Crippen LogP contribution in [0, 0.1) is 5.92 Å². The van der Waals surface area contributed by atoms with E-state index in [9.17, 15) is 13.2 Å². The van der Waals surface area contributed by atoms with Gasteiger partial charge in [0, 0.05) is 19.5 Å². The van der Waals surface area contributed by atoms with Crippen molar-refractivity contribution in [2.75, 3.05) is 26.2 Å².